The van der Waals surface area contributed by atoms with Crippen molar-refractivity contribution in [1.82, 2.24) is 5.32 Å². The number of nitriles is 1. The average Bonchev–Trinajstić information content (AvgIpc) is 3.33. The van der Waals surface area contributed by atoms with Gasteiger partial charge in [-0.2, -0.15) is 5.26 Å². The van der Waals surface area contributed by atoms with Crippen molar-refractivity contribution in [3.63, 3.8) is 0 Å². The molecule has 0 radical (unpaired) electrons. The Labute approximate surface area is 129 Å². The fraction of sp³-hybridized carbons (Fsp3) is 0.611. The third kappa shape index (κ3) is 4.47. The third-order valence-electron chi connectivity index (χ3n) is 3.99. The second-order valence-electron chi connectivity index (χ2n) is 5.92. The van der Waals surface area contributed by atoms with Crippen molar-refractivity contribution in [3.05, 3.63) is 29.3 Å². The van der Waals surface area contributed by atoms with E-state index in [4.69, 9.17) is 0 Å². The van der Waals surface area contributed by atoms with Crippen LogP contribution in [0.4, 0.5) is 5.69 Å². The van der Waals surface area contributed by atoms with Gasteiger partial charge in [0, 0.05) is 19.1 Å². The highest BCUT2D eigenvalue weighted by atomic mass is 15.2. The Balaban J connectivity index is 2.12. The Hall–Kier alpha value is -1.53. The zero-order chi connectivity index (χ0) is 15.1. The Morgan fingerprint density at radius 2 is 2.10 bits per heavy atom. The number of anilines is 1. The third-order valence-corrected chi connectivity index (χ3v) is 3.99. The van der Waals surface area contributed by atoms with Gasteiger partial charge in [-0.05, 0) is 49.9 Å². The van der Waals surface area contributed by atoms with Crippen molar-refractivity contribution in [3.8, 4) is 6.07 Å². The molecule has 0 amide bonds. The van der Waals surface area contributed by atoms with Crippen molar-refractivity contribution in [2.45, 2.75) is 58.5 Å². The Kier molecular flexibility index (Phi) is 6.07. The Morgan fingerprint density at radius 1 is 1.29 bits per heavy atom. The normalized spacial score (nSPS) is 14.0. The summed E-state index contributed by atoms with van der Waals surface area (Å²) in [4.78, 5) is 2.45. The molecule has 0 aromatic heterocycles. The predicted molar refractivity (Wildman–Crippen MR) is 88.4 cm³/mol. The molecule has 1 aliphatic rings. The summed E-state index contributed by atoms with van der Waals surface area (Å²) in [5, 5.41) is 12.9. The summed E-state index contributed by atoms with van der Waals surface area (Å²) < 4.78 is 0. The Morgan fingerprint density at radius 3 is 2.71 bits per heavy atom. The number of hydrogen-bond donors (Lipinski definition) is 1. The molecule has 0 bridgehead atoms. The first kappa shape index (κ1) is 15.9. The molecule has 1 aromatic rings. The standard InChI is InChI=1S/C18H27N3/c1-3-5-11-21(17-7-8-17)18-9-6-15(12-16(18)13-19)14-20-10-4-2/h6,9,12,17,20H,3-5,7-8,10-11,14H2,1-2H3. The van der Waals surface area contributed by atoms with E-state index in [1.54, 1.807) is 0 Å². The molecule has 0 unspecified atom stereocenters. The van der Waals surface area contributed by atoms with Crippen LogP contribution in [0, 0.1) is 11.3 Å². The summed E-state index contributed by atoms with van der Waals surface area (Å²) in [6.45, 7) is 7.33. The van der Waals surface area contributed by atoms with Crippen LogP contribution in [0.1, 0.15) is 57.1 Å². The van der Waals surface area contributed by atoms with E-state index in [1.165, 1.54) is 31.2 Å². The molecule has 0 aliphatic heterocycles. The summed E-state index contributed by atoms with van der Waals surface area (Å²) >= 11 is 0. The summed E-state index contributed by atoms with van der Waals surface area (Å²) in [6, 6.07) is 9.43. The summed E-state index contributed by atoms with van der Waals surface area (Å²) in [7, 11) is 0. The van der Waals surface area contributed by atoms with Crippen LogP contribution in [-0.2, 0) is 6.54 Å². The topological polar surface area (TPSA) is 39.1 Å². The molecule has 1 aliphatic carbocycles. The van der Waals surface area contributed by atoms with Crippen LogP contribution in [0.3, 0.4) is 0 Å². The van der Waals surface area contributed by atoms with Gasteiger partial charge in [-0.25, -0.2) is 0 Å². The zero-order valence-corrected chi connectivity index (χ0v) is 13.4. The molecule has 0 atom stereocenters. The van der Waals surface area contributed by atoms with Gasteiger partial charge < -0.3 is 10.2 Å². The number of nitrogens with zero attached hydrogens (tertiary/aromatic N) is 2. The van der Waals surface area contributed by atoms with Gasteiger partial charge in [0.15, 0.2) is 0 Å². The molecule has 3 nitrogen and oxygen atoms in total. The summed E-state index contributed by atoms with van der Waals surface area (Å²) in [5.41, 5.74) is 3.16. The van der Waals surface area contributed by atoms with Crippen LogP contribution in [0.2, 0.25) is 0 Å². The minimum Gasteiger partial charge on any atom is -0.367 e. The molecule has 1 N–H and O–H groups in total. The fourth-order valence-corrected chi connectivity index (χ4v) is 2.66. The van der Waals surface area contributed by atoms with Crippen molar-refractivity contribution < 1.29 is 0 Å². The molecule has 114 valence electrons. The molecule has 21 heavy (non-hydrogen) atoms. The summed E-state index contributed by atoms with van der Waals surface area (Å²) in [5.74, 6) is 0. The van der Waals surface area contributed by atoms with Gasteiger partial charge in [-0.1, -0.05) is 26.3 Å². The molecule has 2 rings (SSSR count). The number of benzene rings is 1. The van der Waals surface area contributed by atoms with Crippen LogP contribution in [0.25, 0.3) is 0 Å². The van der Waals surface area contributed by atoms with Crippen LogP contribution in [-0.4, -0.2) is 19.1 Å². The number of unbranched alkanes of at least 4 members (excludes halogenated alkanes) is 1. The lowest BCUT2D eigenvalue weighted by Crippen LogP contribution is -2.27. The second-order valence-corrected chi connectivity index (χ2v) is 5.92. The van der Waals surface area contributed by atoms with Crippen LogP contribution >= 0.6 is 0 Å². The van der Waals surface area contributed by atoms with Crippen LogP contribution < -0.4 is 10.2 Å². The minimum absolute atomic E-state index is 0.660. The second kappa shape index (κ2) is 8.05. The molecular formula is C18H27N3. The van der Waals surface area contributed by atoms with Crippen molar-refractivity contribution >= 4 is 5.69 Å². The fourth-order valence-electron chi connectivity index (χ4n) is 2.66. The van der Waals surface area contributed by atoms with E-state index < -0.39 is 0 Å². The molecule has 0 heterocycles. The van der Waals surface area contributed by atoms with E-state index in [0.29, 0.717) is 6.04 Å². The Bertz CT molecular complexity index is 486. The van der Waals surface area contributed by atoms with Crippen LogP contribution in [0.5, 0.6) is 0 Å². The largest absolute Gasteiger partial charge is 0.367 e. The molecular weight excluding hydrogens is 258 g/mol. The first-order valence-corrected chi connectivity index (χ1v) is 8.30. The van der Waals surface area contributed by atoms with E-state index >= 15 is 0 Å². The minimum atomic E-state index is 0.660. The maximum atomic E-state index is 9.49. The van der Waals surface area contributed by atoms with E-state index in [1.807, 2.05) is 0 Å². The van der Waals surface area contributed by atoms with Gasteiger partial charge in [0.05, 0.1) is 11.3 Å². The highest BCUT2D eigenvalue weighted by molar-refractivity contribution is 5.61. The lowest BCUT2D eigenvalue weighted by atomic mass is 10.1. The van der Waals surface area contributed by atoms with Gasteiger partial charge in [0.2, 0.25) is 0 Å². The monoisotopic (exact) mass is 285 g/mol. The molecule has 0 spiro atoms. The molecule has 1 fully saturated rings. The van der Waals surface area contributed by atoms with E-state index in [2.05, 4.69) is 48.3 Å². The number of rotatable bonds is 9. The van der Waals surface area contributed by atoms with Gasteiger partial charge in [-0.15, -0.1) is 0 Å². The van der Waals surface area contributed by atoms with Gasteiger partial charge in [-0.3, -0.25) is 0 Å². The average molecular weight is 285 g/mol. The smallest absolute Gasteiger partial charge is 0.101 e. The molecule has 0 saturated heterocycles. The predicted octanol–water partition coefficient (Wildman–Crippen LogP) is 3.83. The summed E-state index contributed by atoms with van der Waals surface area (Å²) in [6.07, 6.45) is 6.07. The maximum absolute atomic E-state index is 9.49. The van der Waals surface area contributed by atoms with Crippen molar-refractivity contribution in [1.29, 1.82) is 5.26 Å². The van der Waals surface area contributed by atoms with Crippen molar-refractivity contribution in [2.75, 3.05) is 18.0 Å². The van der Waals surface area contributed by atoms with Crippen LogP contribution in [0.15, 0.2) is 18.2 Å². The first-order valence-electron chi connectivity index (χ1n) is 8.30. The molecule has 3 heteroatoms. The van der Waals surface area contributed by atoms with Gasteiger partial charge >= 0.3 is 0 Å². The molecule has 1 saturated carbocycles. The van der Waals surface area contributed by atoms with E-state index in [9.17, 15) is 5.26 Å². The maximum Gasteiger partial charge on any atom is 0.101 e. The number of nitrogens with one attached hydrogen (secondary N) is 1. The highest BCUT2D eigenvalue weighted by Crippen LogP contribution is 2.34. The number of hydrogen-bond acceptors (Lipinski definition) is 3. The van der Waals surface area contributed by atoms with Gasteiger partial charge in [0.1, 0.15) is 6.07 Å². The van der Waals surface area contributed by atoms with Crippen molar-refractivity contribution in [2.24, 2.45) is 0 Å². The SMILES string of the molecule is CCCCN(c1ccc(CNCCC)cc1C#N)C1CC1. The van der Waals surface area contributed by atoms with E-state index in [0.717, 1.165) is 37.3 Å². The van der Waals surface area contributed by atoms with E-state index in [-0.39, 0.29) is 0 Å². The van der Waals surface area contributed by atoms with Gasteiger partial charge in [0.25, 0.3) is 0 Å². The zero-order valence-electron chi connectivity index (χ0n) is 13.4. The quantitative estimate of drug-likeness (QED) is 0.701. The lowest BCUT2D eigenvalue weighted by Gasteiger charge is -2.26. The molecule has 1 aromatic carbocycles. The lowest BCUT2D eigenvalue weighted by molar-refractivity contribution is 0.674. The first-order chi connectivity index (χ1) is 10.3. The highest BCUT2D eigenvalue weighted by Gasteiger charge is 2.30.